The normalized spacial score (nSPS) is 30.6. The molecule has 2 aliphatic carbocycles. The van der Waals surface area contributed by atoms with Crippen LogP contribution in [0.3, 0.4) is 0 Å². The Balaban J connectivity index is 2.06. The van der Waals surface area contributed by atoms with Gasteiger partial charge in [0.2, 0.25) is 0 Å². The van der Waals surface area contributed by atoms with Crippen molar-refractivity contribution in [3.8, 4) is 0 Å². The molecular weight excluding hydrogens is 282 g/mol. The molecule has 0 aromatic carbocycles. The fourth-order valence-corrected chi connectivity index (χ4v) is 4.22. The average Bonchev–Trinajstić information content (AvgIpc) is 2.54. The number of amides is 1. The quantitative estimate of drug-likeness (QED) is 0.781. The van der Waals surface area contributed by atoms with Gasteiger partial charge in [-0.3, -0.25) is 4.79 Å². The number of allylic oxidation sites excluding steroid dienone is 2. The van der Waals surface area contributed by atoms with Gasteiger partial charge in [0.25, 0.3) is 0 Å². The number of rotatable bonds is 4. The van der Waals surface area contributed by atoms with E-state index in [9.17, 15) is 14.7 Å². The van der Waals surface area contributed by atoms with Gasteiger partial charge in [0, 0.05) is 12.0 Å². The Labute approximate surface area is 132 Å². The number of carbonyl (C=O) groups excluding carboxylic acids is 1. The lowest BCUT2D eigenvalue weighted by Crippen LogP contribution is -2.54. The monoisotopic (exact) mass is 309 g/mol. The number of nitrogens with one attached hydrogen (secondary N) is 1. The standard InChI is InChI=1S/C17H27NO4/c1-10-6-12-7-17(8-13(19)20,14(12)11(10)2)9-18-15(21)22-16(3,4)5/h12,14H,6-9H2,1-5H3,(H,18,21)(H,19,20)/t12-,14-,17+/m1/s1. The van der Waals surface area contributed by atoms with E-state index in [2.05, 4.69) is 19.2 Å². The van der Waals surface area contributed by atoms with Crippen LogP contribution in [0.1, 0.15) is 53.9 Å². The molecule has 0 bridgehead atoms. The van der Waals surface area contributed by atoms with Crippen molar-refractivity contribution >= 4 is 12.1 Å². The maximum absolute atomic E-state index is 11.9. The van der Waals surface area contributed by atoms with Crippen molar-refractivity contribution in [2.75, 3.05) is 6.54 Å². The third kappa shape index (κ3) is 3.28. The van der Waals surface area contributed by atoms with E-state index in [0.717, 1.165) is 12.8 Å². The van der Waals surface area contributed by atoms with Crippen LogP contribution >= 0.6 is 0 Å². The van der Waals surface area contributed by atoms with Crippen molar-refractivity contribution in [1.29, 1.82) is 0 Å². The van der Waals surface area contributed by atoms with Crippen LogP contribution in [-0.2, 0) is 9.53 Å². The average molecular weight is 309 g/mol. The number of ether oxygens (including phenoxy) is 1. The van der Waals surface area contributed by atoms with Crippen LogP contribution in [0.25, 0.3) is 0 Å². The van der Waals surface area contributed by atoms with Gasteiger partial charge in [-0.25, -0.2) is 4.79 Å². The largest absolute Gasteiger partial charge is 0.481 e. The van der Waals surface area contributed by atoms with Crippen LogP contribution in [0.2, 0.25) is 0 Å². The highest BCUT2D eigenvalue weighted by Gasteiger charge is 2.57. The zero-order valence-electron chi connectivity index (χ0n) is 14.2. The molecule has 0 saturated heterocycles. The molecule has 0 aliphatic heterocycles. The van der Waals surface area contributed by atoms with E-state index in [0.29, 0.717) is 12.5 Å². The molecule has 5 heteroatoms. The van der Waals surface area contributed by atoms with E-state index in [4.69, 9.17) is 4.74 Å². The Morgan fingerprint density at radius 2 is 2.00 bits per heavy atom. The summed E-state index contributed by atoms with van der Waals surface area (Å²) in [6.45, 7) is 10.0. The van der Waals surface area contributed by atoms with Crippen molar-refractivity contribution in [1.82, 2.24) is 5.32 Å². The second kappa shape index (κ2) is 5.60. The second-order valence-corrected chi connectivity index (χ2v) is 7.90. The smallest absolute Gasteiger partial charge is 0.407 e. The third-order valence-electron chi connectivity index (χ3n) is 4.99. The lowest BCUT2D eigenvalue weighted by atomic mass is 9.52. The molecule has 1 fully saturated rings. The molecule has 2 aliphatic rings. The molecule has 3 atom stereocenters. The fraction of sp³-hybridized carbons (Fsp3) is 0.765. The highest BCUT2D eigenvalue weighted by atomic mass is 16.6. The topological polar surface area (TPSA) is 75.6 Å². The van der Waals surface area contributed by atoms with Crippen molar-refractivity contribution in [2.45, 2.75) is 59.5 Å². The van der Waals surface area contributed by atoms with Gasteiger partial charge in [-0.15, -0.1) is 0 Å². The molecule has 0 spiro atoms. The fourth-order valence-electron chi connectivity index (χ4n) is 4.22. The number of fused-ring (bicyclic) bond motifs is 1. The predicted molar refractivity (Wildman–Crippen MR) is 83.5 cm³/mol. The van der Waals surface area contributed by atoms with Gasteiger partial charge in [-0.05, 0) is 59.3 Å². The first kappa shape index (κ1) is 16.8. The van der Waals surface area contributed by atoms with E-state index in [1.165, 1.54) is 11.1 Å². The van der Waals surface area contributed by atoms with Crippen LogP contribution in [0.15, 0.2) is 11.1 Å². The first-order valence-corrected chi connectivity index (χ1v) is 7.89. The first-order valence-electron chi connectivity index (χ1n) is 7.89. The predicted octanol–water partition coefficient (Wildman–Crippen LogP) is 3.35. The Morgan fingerprint density at radius 1 is 1.36 bits per heavy atom. The number of carboxylic acid groups (broad SMARTS) is 1. The molecule has 0 aromatic rings. The minimum atomic E-state index is -0.804. The summed E-state index contributed by atoms with van der Waals surface area (Å²) in [7, 11) is 0. The molecule has 0 radical (unpaired) electrons. The summed E-state index contributed by atoms with van der Waals surface area (Å²) in [5.41, 5.74) is 1.77. The van der Waals surface area contributed by atoms with Gasteiger partial charge in [0.15, 0.2) is 0 Å². The number of hydrogen-bond acceptors (Lipinski definition) is 3. The Bertz CT molecular complexity index is 517. The van der Waals surface area contributed by atoms with Gasteiger partial charge in [-0.2, -0.15) is 0 Å². The number of hydrogen-bond donors (Lipinski definition) is 2. The molecule has 2 rings (SSSR count). The molecule has 0 unspecified atom stereocenters. The zero-order valence-corrected chi connectivity index (χ0v) is 14.2. The van der Waals surface area contributed by atoms with Crippen molar-refractivity contribution in [3.63, 3.8) is 0 Å². The molecular formula is C17H27NO4. The molecule has 2 N–H and O–H groups in total. The molecule has 1 amide bonds. The van der Waals surface area contributed by atoms with Crippen molar-refractivity contribution in [3.05, 3.63) is 11.1 Å². The zero-order chi connectivity index (χ0) is 16.7. The highest BCUT2D eigenvalue weighted by molar-refractivity contribution is 5.70. The molecule has 0 aromatic heterocycles. The minimum absolute atomic E-state index is 0.0918. The Morgan fingerprint density at radius 3 is 2.50 bits per heavy atom. The molecule has 22 heavy (non-hydrogen) atoms. The lowest BCUT2D eigenvalue weighted by molar-refractivity contribution is -0.144. The maximum atomic E-state index is 11.9. The highest BCUT2D eigenvalue weighted by Crippen LogP contribution is 2.62. The number of carboxylic acids is 1. The summed E-state index contributed by atoms with van der Waals surface area (Å²) in [5, 5.41) is 12.1. The third-order valence-corrected chi connectivity index (χ3v) is 4.99. The van der Waals surface area contributed by atoms with Crippen molar-refractivity contribution < 1.29 is 19.4 Å². The van der Waals surface area contributed by atoms with E-state index in [-0.39, 0.29) is 17.8 Å². The molecule has 124 valence electrons. The number of aliphatic carboxylic acids is 1. The van der Waals surface area contributed by atoms with Gasteiger partial charge < -0.3 is 15.2 Å². The van der Waals surface area contributed by atoms with E-state index >= 15 is 0 Å². The molecule has 0 heterocycles. The molecule has 1 saturated carbocycles. The van der Waals surface area contributed by atoms with Crippen LogP contribution in [0.4, 0.5) is 4.79 Å². The summed E-state index contributed by atoms with van der Waals surface area (Å²) in [5.74, 6) is 0.0140. The van der Waals surface area contributed by atoms with Gasteiger partial charge >= 0.3 is 12.1 Å². The summed E-state index contributed by atoms with van der Waals surface area (Å²) in [6.07, 6.45) is 1.53. The molecule has 5 nitrogen and oxygen atoms in total. The first-order chi connectivity index (χ1) is 10.0. The minimum Gasteiger partial charge on any atom is -0.481 e. The second-order valence-electron chi connectivity index (χ2n) is 7.90. The number of alkyl carbamates (subject to hydrolysis) is 1. The van der Waals surface area contributed by atoms with Gasteiger partial charge in [0.1, 0.15) is 5.60 Å². The summed E-state index contributed by atoms with van der Waals surface area (Å²) in [6, 6.07) is 0. The Hall–Kier alpha value is -1.52. The summed E-state index contributed by atoms with van der Waals surface area (Å²) >= 11 is 0. The number of carbonyl (C=O) groups is 2. The van der Waals surface area contributed by atoms with Crippen molar-refractivity contribution in [2.24, 2.45) is 17.3 Å². The van der Waals surface area contributed by atoms with E-state index in [1.807, 2.05) is 20.8 Å². The Kier molecular flexibility index (Phi) is 4.28. The van der Waals surface area contributed by atoms with Crippen LogP contribution in [0.5, 0.6) is 0 Å². The van der Waals surface area contributed by atoms with Crippen LogP contribution < -0.4 is 5.32 Å². The SMILES string of the molecule is CC1=C(C)[C@@H]2[C@H](C1)C[C@@]2(CNC(=O)OC(C)(C)C)CC(=O)O. The van der Waals surface area contributed by atoms with Gasteiger partial charge in [-0.1, -0.05) is 11.1 Å². The summed E-state index contributed by atoms with van der Waals surface area (Å²) < 4.78 is 5.26. The van der Waals surface area contributed by atoms with E-state index in [1.54, 1.807) is 0 Å². The van der Waals surface area contributed by atoms with Crippen LogP contribution in [-0.4, -0.2) is 29.3 Å². The maximum Gasteiger partial charge on any atom is 0.407 e. The summed E-state index contributed by atoms with van der Waals surface area (Å²) in [4.78, 5) is 23.2. The van der Waals surface area contributed by atoms with Crippen LogP contribution in [0, 0.1) is 17.3 Å². The lowest BCUT2D eigenvalue weighted by Gasteiger charge is -2.53. The van der Waals surface area contributed by atoms with Gasteiger partial charge in [0.05, 0.1) is 6.42 Å². The van der Waals surface area contributed by atoms with E-state index < -0.39 is 17.7 Å².